The number of carbonyl (C=O) groups excluding carboxylic acids is 2. The fourth-order valence-corrected chi connectivity index (χ4v) is 3.11. The summed E-state index contributed by atoms with van der Waals surface area (Å²) in [6.07, 6.45) is 0. The highest BCUT2D eigenvalue weighted by Gasteiger charge is 2.14. The molecule has 136 valence electrons. The second kappa shape index (κ2) is 8.64. The van der Waals surface area contributed by atoms with E-state index in [0.29, 0.717) is 23.4 Å². The van der Waals surface area contributed by atoms with Crippen LogP contribution in [0.25, 0.3) is 0 Å². The van der Waals surface area contributed by atoms with Crippen molar-refractivity contribution in [3.05, 3.63) is 99.5 Å². The minimum absolute atomic E-state index is 0.235. The maximum absolute atomic E-state index is 12.6. The third-order valence-corrected chi connectivity index (χ3v) is 4.54. The Morgan fingerprint density at radius 1 is 0.889 bits per heavy atom. The van der Waals surface area contributed by atoms with E-state index in [9.17, 15) is 9.59 Å². The van der Waals surface area contributed by atoms with Crippen LogP contribution in [-0.4, -0.2) is 11.8 Å². The predicted molar refractivity (Wildman–Crippen MR) is 111 cm³/mol. The number of hydrogen-bond donors (Lipinski definition) is 2. The van der Waals surface area contributed by atoms with Gasteiger partial charge < -0.3 is 10.6 Å². The summed E-state index contributed by atoms with van der Waals surface area (Å²) in [6.45, 7) is 2.44. The zero-order valence-electron chi connectivity index (χ0n) is 14.8. The van der Waals surface area contributed by atoms with Crippen LogP contribution in [0.3, 0.4) is 0 Å². The SMILES string of the molecule is Cc1cccc(CNC(=O)c2ccccc2NC(=O)c2cccc(Br)c2)c1. The summed E-state index contributed by atoms with van der Waals surface area (Å²) in [5.74, 6) is -0.503. The Labute approximate surface area is 166 Å². The topological polar surface area (TPSA) is 58.2 Å². The lowest BCUT2D eigenvalue weighted by atomic mass is 10.1. The number of nitrogens with one attached hydrogen (secondary N) is 2. The third-order valence-electron chi connectivity index (χ3n) is 4.04. The minimum Gasteiger partial charge on any atom is -0.348 e. The van der Waals surface area contributed by atoms with Crippen LogP contribution < -0.4 is 10.6 Å². The molecule has 0 radical (unpaired) electrons. The Morgan fingerprint density at radius 2 is 1.67 bits per heavy atom. The van der Waals surface area contributed by atoms with Crippen molar-refractivity contribution in [1.82, 2.24) is 5.32 Å². The monoisotopic (exact) mass is 422 g/mol. The van der Waals surface area contributed by atoms with Crippen LogP contribution in [0.15, 0.2) is 77.3 Å². The Kier molecular flexibility index (Phi) is 6.04. The number of anilines is 1. The van der Waals surface area contributed by atoms with Gasteiger partial charge in [0.05, 0.1) is 11.3 Å². The first-order chi connectivity index (χ1) is 13.0. The van der Waals surface area contributed by atoms with Gasteiger partial charge in [-0.3, -0.25) is 9.59 Å². The van der Waals surface area contributed by atoms with Crippen LogP contribution in [-0.2, 0) is 6.54 Å². The van der Waals surface area contributed by atoms with Gasteiger partial charge in [-0.1, -0.05) is 64.0 Å². The van der Waals surface area contributed by atoms with Gasteiger partial charge in [0.15, 0.2) is 0 Å². The molecule has 0 bridgehead atoms. The second-order valence-corrected chi connectivity index (χ2v) is 7.10. The van der Waals surface area contributed by atoms with E-state index in [1.165, 1.54) is 0 Å². The first-order valence-corrected chi connectivity index (χ1v) is 9.32. The summed E-state index contributed by atoms with van der Waals surface area (Å²) in [4.78, 5) is 25.1. The standard InChI is InChI=1S/C22H19BrN2O2/c1-15-6-4-7-16(12-15)14-24-22(27)19-10-2-3-11-20(19)25-21(26)17-8-5-9-18(23)13-17/h2-13H,14H2,1H3,(H,24,27)(H,25,26). The minimum atomic E-state index is -0.268. The molecule has 0 fully saturated rings. The van der Waals surface area contributed by atoms with Gasteiger partial charge in [-0.2, -0.15) is 0 Å². The summed E-state index contributed by atoms with van der Waals surface area (Å²) < 4.78 is 0.819. The molecule has 3 rings (SSSR count). The molecule has 5 heteroatoms. The Hall–Kier alpha value is -2.92. The molecule has 0 spiro atoms. The molecule has 0 saturated carbocycles. The van der Waals surface area contributed by atoms with Gasteiger partial charge in [0.1, 0.15) is 0 Å². The van der Waals surface area contributed by atoms with E-state index in [-0.39, 0.29) is 11.8 Å². The van der Waals surface area contributed by atoms with Crippen LogP contribution in [0.4, 0.5) is 5.69 Å². The molecule has 0 unspecified atom stereocenters. The maximum Gasteiger partial charge on any atom is 0.255 e. The zero-order chi connectivity index (χ0) is 19.2. The molecule has 0 aliphatic heterocycles. The van der Waals surface area contributed by atoms with Crippen molar-refractivity contribution in [2.45, 2.75) is 13.5 Å². The lowest BCUT2D eigenvalue weighted by Crippen LogP contribution is -2.25. The molecule has 0 atom stereocenters. The molecule has 2 amide bonds. The van der Waals surface area contributed by atoms with Crippen LogP contribution in [0.1, 0.15) is 31.8 Å². The number of hydrogen-bond acceptors (Lipinski definition) is 2. The number of carbonyl (C=O) groups is 2. The molecule has 0 aromatic heterocycles. The molecular formula is C22H19BrN2O2. The number of rotatable bonds is 5. The summed E-state index contributed by atoms with van der Waals surface area (Å²) in [5, 5.41) is 5.73. The molecule has 0 saturated heterocycles. The van der Waals surface area contributed by atoms with Crippen molar-refractivity contribution in [3.63, 3.8) is 0 Å². The number of halogens is 1. The molecular weight excluding hydrogens is 404 g/mol. The quantitative estimate of drug-likeness (QED) is 0.611. The van der Waals surface area contributed by atoms with Crippen molar-refractivity contribution in [1.29, 1.82) is 0 Å². The van der Waals surface area contributed by atoms with Crippen molar-refractivity contribution in [3.8, 4) is 0 Å². The summed E-state index contributed by atoms with van der Waals surface area (Å²) >= 11 is 3.36. The maximum atomic E-state index is 12.6. The van der Waals surface area contributed by atoms with Crippen LogP contribution >= 0.6 is 15.9 Å². The lowest BCUT2D eigenvalue weighted by Gasteiger charge is -2.12. The fourth-order valence-electron chi connectivity index (χ4n) is 2.71. The highest BCUT2D eigenvalue weighted by atomic mass is 79.9. The Balaban J connectivity index is 1.73. The first kappa shape index (κ1) is 18.9. The van der Waals surface area contributed by atoms with Gasteiger partial charge in [-0.15, -0.1) is 0 Å². The van der Waals surface area contributed by atoms with E-state index in [0.717, 1.165) is 15.6 Å². The zero-order valence-corrected chi connectivity index (χ0v) is 16.4. The largest absolute Gasteiger partial charge is 0.348 e. The van der Waals surface area contributed by atoms with E-state index in [2.05, 4.69) is 26.6 Å². The highest BCUT2D eigenvalue weighted by molar-refractivity contribution is 9.10. The molecule has 0 aliphatic rings. The van der Waals surface area contributed by atoms with Crippen molar-refractivity contribution in [2.24, 2.45) is 0 Å². The highest BCUT2D eigenvalue weighted by Crippen LogP contribution is 2.18. The van der Waals surface area contributed by atoms with Crippen LogP contribution in [0.2, 0.25) is 0 Å². The Morgan fingerprint density at radius 3 is 2.44 bits per heavy atom. The third kappa shape index (κ3) is 5.05. The number of para-hydroxylation sites is 1. The number of aryl methyl sites for hydroxylation is 1. The predicted octanol–water partition coefficient (Wildman–Crippen LogP) is 4.94. The molecule has 2 N–H and O–H groups in total. The van der Waals surface area contributed by atoms with Crippen molar-refractivity contribution >= 4 is 33.4 Å². The summed E-state index contributed by atoms with van der Waals surface area (Å²) in [5.41, 5.74) is 3.58. The van der Waals surface area contributed by atoms with Gasteiger partial charge in [-0.25, -0.2) is 0 Å². The number of benzene rings is 3. The first-order valence-electron chi connectivity index (χ1n) is 8.52. The van der Waals surface area contributed by atoms with Gasteiger partial charge in [0, 0.05) is 16.6 Å². The van der Waals surface area contributed by atoms with Gasteiger partial charge in [0.2, 0.25) is 0 Å². The van der Waals surface area contributed by atoms with Gasteiger partial charge >= 0.3 is 0 Å². The molecule has 27 heavy (non-hydrogen) atoms. The lowest BCUT2D eigenvalue weighted by molar-refractivity contribution is 0.0952. The summed E-state index contributed by atoms with van der Waals surface area (Å²) in [6, 6.07) is 22.0. The number of amides is 2. The molecule has 3 aromatic carbocycles. The fraction of sp³-hybridized carbons (Fsp3) is 0.0909. The molecule has 0 aliphatic carbocycles. The molecule has 3 aromatic rings. The van der Waals surface area contributed by atoms with Crippen molar-refractivity contribution in [2.75, 3.05) is 5.32 Å². The molecule has 0 heterocycles. The van der Waals surface area contributed by atoms with E-state index in [1.54, 1.807) is 42.5 Å². The summed E-state index contributed by atoms with van der Waals surface area (Å²) in [7, 11) is 0. The van der Waals surface area contributed by atoms with Crippen LogP contribution in [0.5, 0.6) is 0 Å². The normalized spacial score (nSPS) is 10.3. The van der Waals surface area contributed by atoms with Gasteiger partial charge in [-0.05, 0) is 42.8 Å². The van der Waals surface area contributed by atoms with Crippen molar-refractivity contribution < 1.29 is 9.59 Å². The second-order valence-electron chi connectivity index (χ2n) is 6.18. The average molecular weight is 423 g/mol. The smallest absolute Gasteiger partial charge is 0.255 e. The van der Waals surface area contributed by atoms with E-state index < -0.39 is 0 Å². The average Bonchev–Trinajstić information content (AvgIpc) is 2.66. The van der Waals surface area contributed by atoms with Gasteiger partial charge in [0.25, 0.3) is 11.8 Å². The van der Waals surface area contributed by atoms with E-state index in [4.69, 9.17) is 0 Å². The Bertz CT molecular complexity index is 985. The molecule has 4 nitrogen and oxygen atoms in total. The van der Waals surface area contributed by atoms with E-state index in [1.807, 2.05) is 37.3 Å². The van der Waals surface area contributed by atoms with Crippen LogP contribution in [0, 0.1) is 6.92 Å². The van der Waals surface area contributed by atoms with E-state index >= 15 is 0 Å².